The van der Waals surface area contributed by atoms with Crippen LogP contribution in [0.2, 0.25) is 0 Å². The Hall–Kier alpha value is -3.72. The van der Waals surface area contributed by atoms with Gasteiger partial charge in [0.1, 0.15) is 5.82 Å². The molecule has 4 aromatic rings. The lowest BCUT2D eigenvalue weighted by molar-refractivity contribution is 0.0940. The molecule has 0 saturated carbocycles. The third kappa shape index (κ3) is 3.94. The molecule has 0 fully saturated rings. The largest absolute Gasteiger partial charge is 0.386 e. The number of benzene rings is 2. The lowest BCUT2D eigenvalue weighted by Gasteiger charge is -2.13. The molecule has 2 aromatic heterocycles. The van der Waals surface area contributed by atoms with Crippen molar-refractivity contribution in [3.8, 4) is 5.69 Å². The zero-order chi connectivity index (χ0) is 23.0. The Labute approximate surface area is 186 Å². The SMILES string of the molecule is CNc1cc2[nH]c(=O)n(-c3ccc(C(=O)NC(C)c4ccc(C)s4)cc3)c(=O)c2cc1F. The molecule has 0 radical (unpaired) electrons. The van der Waals surface area contributed by atoms with Crippen molar-refractivity contribution in [1.82, 2.24) is 14.9 Å². The number of nitrogens with zero attached hydrogens (tertiary/aromatic N) is 1. The van der Waals surface area contributed by atoms with Crippen LogP contribution in [0.15, 0.2) is 58.1 Å². The fourth-order valence-corrected chi connectivity index (χ4v) is 4.34. The molecular weight excluding hydrogens is 431 g/mol. The summed E-state index contributed by atoms with van der Waals surface area (Å²) in [7, 11) is 1.55. The number of aryl methyl sites for hydroxylation is 1. The highest BCUT2D eigenvalue weighted by Crippen LogP contribution is 2.23. The summed E-state index contributed by atoms with van der Waals surface area (Å²) in [6.45, 7) is 3.91. The first-order chi connectivity index (χ1) is 15.3. The lowest BCUT2D eigenvalue weighted by Crippen LogP contribution is -2.33. The quantitative estimate of drug-likeness (QED) is 0.430. The number of aromatic amines is 1. The molecule has 0 spiro atoms. The predicted octanol–water partition coefficient (Wildman–Crippen LogP) is 3.72. The number of H-pyrrole nitrogens is 1. The lowest BCUT2D eigenvalue weighted by atomic mass is 10.1. The van der Waals surface area contributed by atoms with E-state index in [1.807, 2.05) is 26.0 Å². The highest BCUT2D eigenvalue weighted by Gasteiger charge is 2.15. The van der Waals surface area contributed by atoms with E-state index in [0.717, 1.165) is 15.5 Å². The summed E-state index contributed by atoms with van der Waals surface area (Å²) in [6, 6.07) is 12.4. The van der Waals surface area contributed by atoms with Gasteiger partial charge in [0.05, 0.1) is 28.3 Å². The molecule has 0 aliphatic carbocycles. The van der Waals surface area contributed by atoms with Crippen LogP contribution in [0, 0.1) is 12.7 Å². The summed E-state index contributed by atoms with van der Waals surface area (Å²) in [5.74, 6) is -0.866. The van der Waals surface area contributed by atoms with E-state index < -0.39 is 17.1 Å². The average molecular weight is 453 g/mol. The zero-order valence-electron chi connectivity index (χ0n) is 17.7. The second-order valence-electron chi connectivity index (χ2n) is 7.39. The molecule has 3 N–H and O–H groups in total. The summed E-state index contributed by atoms with van der Waals surface area (Å²) in [5.41, 5.74) is -0.235. The number of hydrogen-bond donors (Lipinski definition) is 3. The van der Waals surface area contributed by atoms with E-state index in [2.05, 4.69) is 15.6 Å². The minimum absolute atomic E-state index is 0.0444. The summed E-state index contributed by atoms with van der Waals surface area (Å²) < 4.78 is 15.1. The van der Waals surface area contributed by atoms with E-state index in [4.69, 9.17) is 0 Å². The van der Waals surface area contributed by atoms with Gasteiger partial charge in [0.2, 0.25) is 0 Å². The van der Waals surface area contributed by atoms with E-state index in [0.29, 0.717) is 5.56 Å². The van der Waals surface area contributed by atoms with Crippen LogP contribution in [0.5, 0.6) is 0 Å². The zero-order valence-corrected chi connectivity index (χ0v) is 18.5. The Kier molecular flexibility index (Phi) is 5.67. The van der Waals surface area contributed by atoms with Crippen LogP contribution in [-0.4, -0.2) is 22.5 Å². The molecule has 7 nitrogen and oxygen atoms in total. The summed E-state index contributed by atoms with van der Waals surface area (Å²) in [6.07, 6.45) is 0. The first kappa shape index (κ1) is 21.5. The molecule has 164 valence electrons. The van der Waals surface area contributed by atoms with Gasteiger partial charge < -0.3 is 15.6 Å². The van der Waals surface area contributed by atoms with E-state index >= 15 is 0 Å². The maximum absolute atomic E-state index is 14.2. The third-order valence-corrected chi connectivity index (χ3v) is 6.36. The fraction of sp³-hybridized carbons (Fsp3) is 0.174. The Morgan fingerprint density at radius 1 is 1.12 bits per heavy atom. The van der Waals surface area contributed by atoms with E-state index in [9.17, 15) is 18.8 Å². The van der Waals surface area contributed by atoms with Crippen LogP contribution < -0.4 is 21.9 Å². The molecule has 0 bridgehead atoms. The van der Waals surface area contributed by atoms with Gasteiger partial charge in [0.25, 0.3) is 11.5 Å². The van der Waals surface area contributed by atoms with Gasteiger partial charge in [-0.3, -0.25) is 9.59 Å². The molecule has 9 heteroatoms. The topological polar surface area (TPSA) is 96.0 Å². The van der Waals surface area contributed by atoms with Crippen molar-refractivity contribution in [2.45, 2.75) is 19.9 Å². The number of thiophene rings is 1. The molecule has 2 heterocycles. The van der Waals surface area contributed by atoms with Crippen LogP contribution in [0.1, 0.15) is 33.1 Å². The minimum Gasteiger partial charge on any atom is -0.386 e. The first-order valence-electron chi connectivity index (χ1n) is 9.92. The molecule has 4 rings (SSSR count). The second kappa shape index (κ2) is 8.43. The van der Waals surface area contributed by atoms with Gasteiger partial charge in [0.15, 0.2) is 0 Å². The van der Waals surface area contributed by atoms with Crippen LogP contribution >= 0.6 is 11.3 Å². The summed E-state index contributed by atoms with van der Waals surface area (Å²) >= 11 is 1.62. The number of anilines is 1. The standard InChI is InChI=1S/C23H21FN4O3S/c1-12-4-9-20(32-12)13(2)26-21(29)14-5-7-15(8-6-14)28-22(30)16-10-17(24)19(25-3)11-18(16)27-23(28)31/h4-11,13,25H,1-3H3,(H,26,29)(H,27,31). The number of amides is 1. The van der Waals surface area contributed by atoms with Crippen molar-refractivity contribution >= 4 is 33.8 Å². The van der Waals surface area contributed by atoms with Gasteiger partial charge in [-0.05, 0) is 62.4 Å². The molecule has 0 saturated heterocycles. The van der Waals surface area contributed by atoms with Crippen LogP contribution in [0.3, 0.4) is 0 Å². The number of hydrogen-bond acceptors (Lipinski definition) is 5. The van der Waals surface area contributed by atoms with Gasteiger partial charge in [-0.1, -0.05) is 0 Å². The van der Waals surface area contributed by atoms with Gasteiger partial charge in [-0.25, -0.2) is 13.8 Å². The average Bonchev–Trinajstić information content (AvgIpc) is 3.21. The molecule has 0 aliphatic heterocycles. The van der Waals surface area contributed by atoms with Crippen molar-refractivity contribution in [2.75, 3.05) is 12.4 Å². The van der Waals surface area contributed by atoms with Crippen LogP contribution in [0.25, 0.3) is 16.6 Å². The molecule has 1 atom stereocenters. The Balaban J connectivity index is 1.64. The monoisotopic (exact) mass is 452 g/mol. The fourth-order valence-electron chi connectivity index (χ4n) is 3.46. The van der Waals surface area contributed by atoms with Crippen LogP contribution in [0.4, 0.5) is 10.1 Å². The number of carbonyl (C=O) groups excluding carboxylic acids is 1. The highest BCUT2D eigenvalue weighted by atomic mass is 32.1. The maximum Gasteiger partial charge on any atom is 0.333 e. The first-order valence-corrected chi connectivity index (χ1v) is 10.7. The van der Waals surface area contributed by atoms with Gasteiger partial charge >= 0.3 is 5.69 Å². The maximum atomic E-state index is 14.2. The second-order valence-corrected chi connectivity index (χ2v) is 8.71. The molecule has 32 heavy (non-hydrogen) atoms. The Morgan fingerprint density at radius 3 is 2.47 bits per heavy atom. The number of aromatic nitrogens is 2. The summed E-state index contributed by atoms with van der Waals surface area (Å²) in [4.78, 5) is 42.9. The summed E-state index contributed by atoms with van der Waals surface area (Å²) in [5, 5.41) is 5.65. The van der Waals surface area contributed by atoms with Crippen molar-refractivity contribution in [3.63, 3.8) is 0 Å². The minimum atomic E-state index is -0.657. The molecule has 1 unspecified atom stereocenters. The number of halogens is 1. The predicted molar refractivity (Wildman–Crippen MR) is 125 cm³/mol. The Bertz CT molecular complexity index is 1440. The normalized spacial score (nSPS) is 12.0. The molecule has 1 amide bonds. The number of fused-ring (bicyclic) bond motifs is 1. The van der Waals surface area contributed by atoms with Crippen LogP contribution in [-0.2, 0) is 0 Å². The molecule has 2 aromatic carbocycles. The van der Waals surface area contributed by atoms with Gasteiger partial charge in [0, 0.05) is 22.4 Å². The smallest absolute Gasteiger partial charge is 0.333 e. The third-order valence-electron chi connectivity index (χ3n) is 5.18. The van der Waals surface area contributed by atoms with Crippen molar-refractivity contribution in [2.24, 2.45) is 0 Å². The number of rotatable bonds is 5. The van der Waals surface area contributed by atoms with Crippen molar-refractivity contribution < 1.29 is 9.18 Å². The highest BCUT2D eigenvalue weighted by molar-refractivity contribution is 7.12. The van der Waals surface area contributed by atoms with Crippen molar-refractivity contribution in [3.05, 3.63) is 90.5 Å². The van der Waals surface area contributed by atoms with Gasteiger partial charge in [-0.2, -0.15) is 0 Å². The van der Waals surface area contributed by atoms with E-state index in [-0.39, 0.29) is 34.2 Å². The Morgan fingerprint density at radius 2 is 1.84 bits per heavy atom. The van der Waals surface area contributed by atoms with E-state index in [1.165, 1.54) is 35.2 Å². The van der Waals surface area contributed by atoms with Gasteiger partial charge in [-0.15, -0.1) is 11.3 Å². The molecular formula is C23H21FN4O3S. The van der Waals surface area contributed by atoms with Crippen molar-refractivity contribution in [1.29, 1.82) is 0 Å². The van der Waals surface area contributed by atoms with E-state index in [1.54, 1.807) is 18.4 Å². The number of carbonyl (C=O) groups is 1. The number of nitrogens with one attached hydrogen (secondary N) is 3. The molecule has 0 aliphatic rings.